The number of ether oxygens (including phenoxy) is 1. The van der Waals surface area contributed by atoms with E-state index in [0.29, 0.717) is 29.2 Å². The summed E-state index contributed by atoms with van der Waals surface area (Å²) in [6.07, 6.45) is 4.70. The van der Waals surface area contributed by atoms with Crippen LogP contribution in [-0.2, 0) is 11.5 Å². The Morgan fingerprint density at radius 2 is 1.93 bits per heavy atom. The first kappa shape index (κ1) is 21.0. The van der Waals surface area contributed by atoms with Crippen LogP contribution in [0.1, 0.15) is 10.5 Å². The van der Waals surface area contributed by atoms with Crippen LogP contribution < -0.4 is 4.90 Å². The number of rotatable bonds is 9. The number of hydrogen-bond acceptors (Lipinski definition) is 7. The van der Waals surface area contributed by atoms with E-state index in [9.17, 15) is 4.79 Å². The largest absolute Gasteiger partial charge is 0.383 e. The van der Waals surface area contributed by atoms with E-state index in [-0.39, 0.29) is 12.5 Å². The van der Waals surface area contributed by atoms with Crippen molar-refractivity contribution in [1.29, 1.82) is 0 Å². The van der Waals surface area contributed by atoms with Gasteiger partial charge in [0, 0.05) is 55.1 Å². The number of hydrogen-bond donors (Lipinski definition) is 0. The molecular weight excluding hydrogens is 360 g/mol. The van der Waals surface area contributed by atoms with Crippen molar-refractivity contribution in [3.8, 4) is 0 Å². The molecule has 0 saturated heterocycles. The number of fused-ring (bicyclic) bond motifs is 1. The summed E-state index contributed by atoms with van der Waals surface area (Å²) in [4.78, 5) is 25.1. The van der Waals surface area contributed by atoms with Crippen LogP contribution in [0, 0.1) is 0 Å². The molecule has 0 atom stereocenters. The number of ketones is 1. The van der Waals surface area contributed by atoms with Gasteiger partial charge in [0.2, 0.25) is 5.78 Å². The maximum absolute atomic E-state index is 12.7. The highest BCUT2D eigenvalue weighted by atomic mass is 28.3. The smallest absolute Gasteiger partial charge is 0.208 e. The zero-order valence-corrected chi connectivity index (χ0v) is 18.4. The highest BCUT2D eigenvalue weighted by Gasteiger charge is 2.22. The maximum Gasteiger partial charge on any atom is 0.208 e. The molecule has 0 aliphatic heterocycles. The first-order valence-electron chi connectivity index (χ1n) is 8.95. The molecule has 0 aromatic carbocycles. The van der Waals surface area contributed by atoms with Gasteiger partial charge in [0.15, 0.2) is 5.65 Å². The summed E-state index contributed by atoms with van der Waals surface area (Å²) in [6, 6.07) is 1.07. The molecule has 0 amide bonds. The fourth-order valence-electron chi connectivity index (χ4n) is 2.42. The summed E-state index contributed by atoms with van der Waals surface area (Å²) < 4.78 is 7.46. The van der Waals surface area contributed by atoms with E-state index >= 15 is 0 Å². The van der Waals surface area contributed by atoms with Gasteiger partial charge >= 0.3 is 0 Å². The monoisotopic (exact) mass is 390 g/mol. The normalized spacial score (nSPS) is 12.1. The average Bonchev–Trinajstić information content (AvgIpc) is 2.94. The fraction of sp³-hybridized carbons (Fsp3) is 0.556. The molecule has 148 valence electrons. The molecule has 8 nitrogen and oxygen atoms in total. The van der Waals surface area contributed by atoms with Gasteiger partial charge < -0.3 is 14.5 Å². The number of aromatic nitrogens is 4. The predicted molar refractivity (Wildman–Crippen MR) is 111 cm³/mol. The molecule has 0 radical (unpaired) electrons. The zero-order chi connectivity index (χ0) is 20.2. The van der Waals surface area contributed by atoms with Crippen molar-refractivity contribution in [2.75, 3.05) is 39.7 Å². The molecule has 0 bridgehead atoms. The second kappa shape index (κ2) is 8.62. The first-order chi connectivity index (χ1) is 12.6. The van der Waals surface area contributed by atoms with Crippen molar-refractivity contribution in [3.63, 3.8) is 0 Å². The van der Waals surface area contributed by atoms with Gasteiger partial charge in [-0.1, -0.05) is 19.6 Å². The molecule has 0 aliphatic carbocycles. The summed E-state index contributed by atoms with van der Waals surface area (Å²) in [7, 11) is 6.33. The molecule has 0 fully saturated rings. The number of carbonyl (C=O) groups excluding carboxylic acids is 1. The van der Waals surface area contributed by atoms with Crippen molar-refractivity contribution in [2.45, 2.75) is 32.4 Å². The van der Waals surface area contributed by atoms with Gasteiger partial charge in [0.25, 0.3) is 0 Å². The first-order valence-corrected chi connectivity index (χ1v) is 12.7. The Kier molecular flexibility index (Phi) is 6.72. The number of allylic oxidation sites excluding steroid dienone is 1. The summed E-state index contributed by atoms with van der Waals surface area (Å²) >= 11 is 0. The van der Waals surface area contributed by atoms with Gasteiger partial charge in [0.1, 0.15) is 24.6 Å². The molecule has 2 aromatic heterocycles. The van der Waals surface area contributed by atoms with Gasteiger partial charge in [-0.25, -0.2) is 14.6 Å². The van der Waals surface area contributed by atoms with Crippen molar-refractivity contribution < 1.29 is 9.53 Å². The van der Waals surface area contributed by atoms with E-state index in [4.69, 9.17) is 4.74 Å². The second-order valence-electron chi connectivity index (χ2n) is 8.13. The third-order valence-electron chi connectivity index (χ3n) is 3.90. The van der Waals surface area contributed by atoms with Crippen LogP contribution in [0.15, 0.2) is 18.6 Å². The summed E-state index contributed by atoms with van der Waals surface area (Å²) in [6.45, 7) is 7.86. The quantitative estimate of drug-likeness (QED) is 0.282. The highest BCUT2D eigenvalue weighted by Crippen LogP contribution is 2.26. The summed E-state index contributed by atoms with van der Waals surface area (Å²) in [5.41, 5.74) is 0.935. The second-order valence-corrected chi connectivity index (χ2v) is 13.8. The molecule has 2 aromatic rings. The van der Waals surface area contributed by atoms with Crippen LogP contribution in [0.25, 0.3) is 11.0 Å². The fourth-order valence-corrected chi connectivity index (χ4v) is 3.18. The van der Waals surface area contributed by atoms with Crippen molar-refractivity contribution in [3.05, 3.63) is 24.3 Å². The SMILES string of the molecule is CN(C)/C=C/C(=O)c1nn(COCC[Si](C)(C)C)c2ncnc(N(C)C)c12. The van der Waals surface area contributed by atoms with Crippen molar-refractivity contribution in [1.82, 2.24) is 24.6 Å². The van der Waals surface area contributed by atoms with Gasteiger partial charge in [0.05, 0.1) is 5.39 Å². The average molecular weight is 391 g/mol. The van der Waals surface area contributed by atoms with Crippen LogP contribution in [-0.4, -0.2) is 73.3 Å². The zero-order valence-electron chi connectivity index (χ0n) is 17.4. The minimum Gasteiger partial charge on any atom is -0.383 e. The Bertz CT molecular complexity index is 823. The van der Waals surface area contributed by atoms with Crippen LogP contribution in [0.2, 0.25) is 25.7 Å². The van der Waals surface area contributed by atoms with Crippen LogP contribution >= 0.6 is 0 Å². The molecule has 0 spiro atoms. The van der Waals surface area contributed by atoms with Crippen molar-refractivity contribution in [2.24, 2.45) is 0 Å². The topological polar surface area (TPSA) is 76.4 Å². The lowest BCUT2D eigenvalue weighted by molar-refractivity contribution is 0.0806. The van der Waals surface area contributed by atoms with Crippen LogP contribution in [0.5, 0.6) is 0 Å². The Balaban J connectivity index is 2.38. The number of anilines is 1. The van der Waals surface area contributed by atoms with Gasteiger partial charge in [-0.3, -0.25) is 4.79 Å². The minimum absolute atomic E-state index is 0.188. The Morgan fingerprint density at radius 1 is 1.22 bits per heavy atom. The molecule has 27 heavy (non-hydrogen) atoms. The standard InChI is InChI=1S/C18H30N6O2Si/c1-22(2)9-8-14(25)16-15-17(23(3)4)19-12-20-18(15)24(21-16)13-26-10-11-27(5,6)7/h8-9,12H,10-11,13H2,1-7H3/b9-8+. The van der Waals surface area contributed by atoms with Crippen LogP contribution in [0.3, 0.4) is 0 Å². The summed E-state index contributed by atoms with van der Waals surface area (Å²) in [5.74, 6) is 0.474. The van der Waals surface area contributed by atoms with E-state index < -0.39 is 8.07 Å². The van der Waals surface area contributed by atoms with E-state index in [1.165, 1.54) is 12.4 Å². The van der Waals surface area contributed by atoms with E-state index in [1.807, 2.05) is 33.1 Å². The van der Waals surface area contributed by atoms with Gasteiger partial charge in [-0.05, 0) is 6.04 Å². The molecule has 2 rings (SSSR count). The molecule has 9 heteroatoms. The van der Waals surface area contributed by atoms with Gasteiger partial charge in [-0.15, -0.1) is 0 Å². The van der Waals surface area contributed by atoms with Crippen molar-refractivity contribution >= 4 is 30.7 Å². The highest BCUT2D eigenvalue weighted by molar-refractivity contribution is 6.76. The molecule has 0 unspecified atom stereocenters. The van der Waals surface area contributed by atoms with Crippen LogP contribution in [0.4, 0.5) is 5.82 Å². The molecule has 0 N–H and O–H groups in total. The maximum atomic E-state index is 12.7. The lowest BCUT2D eigenvalue weighted by Gasteiger charge is -2.15. The Morgan fingerprint density at radius 3 is 2.52 bits per heavy atom. The molecular formula is C18H30N6O2Si. The van der Waals surface area contributed by atoms with Gasteiger partial charge in [-0.2, -0.15) is 5.10 Å². The Labute approximate surface area is 161 Å². The Hall–Kier alpha value is -2.26. The predicted octanol–water partition coefficient (Wildman–Crippen LogP) is 2.46. The summed E-state index contributed by atoms with van der Waals surface area (Å²) in [5, 5.41) is 5.14. The number of nitrogens with zero attached hydrogens (tertiary/aromatic N) is 6. The molecule has 0 aliphatic rings. The van der Waals surface area contributed by atoms with E-state index in [0.717, 1.165) is 6.04 Å². The molecule has 2 heterocycles. The van der Waals surface area contributed by atoms with E-state index in [1.54, 1.807) is 15.8 Å². The third-order valence-corrected chi connectivity index (χ3v) is 5.60. The number of carbonyl (C=O) groups is 1. The third kappa shape index (κ3) is 5.60. The van der Waals surface area contributed by atoms with E-state index in [2.05, 4.69) is 34.7 Å². The lowest BCUT2D eigenvalue weighted by Crippen LogP contribution is -2.22. The lowest BCUT2D eigenvalue weighted by atomic mass is 10.2. The minimum atomic E-state index is -1.16. The molecule has 0 saturated carbocycles.